The van der Waals surface area contributed by atoms with Gasteiger partial charge in [-0.25, -0.2) is 0 Å². The van der Waals surface area contributed by atoms with Gasteiger partial charge in [0.25, 0.3) is 0 Å². The Morgan fingerprint density at radius 2 is 0.407 bits per heavy atom. The van der Waals surface area contributed by atoms with Gasteiger partial charge in [0, 0.05) is 0 Å². The van der Waals surface area contributed by atoms with Crippen LogP contribution in [-0.2, 0) is 0 Å². The molecule has 1 aliphatic heterocycles. The molecule has 276 valence electrons. The van der Waals surface area contributed by atoms with E-state index in [0.717, 1.165) is 33.4 Å². The smallest absolute Gasteiger partial charge is 0.413 e. The van der Waals surface area contributed by atoms with Crippen LogP contribution in [0.25, 0.3) is 0 Å². The molecule has 0 aliphatic carbocycles. The van der Waals surface area contributed by atoms with Crippen molar-refractivity contribution in [3.63, 3.8) is 0 Å². The van der Waals surface area contributed by atoms with Crippen molar-refractivity contribution in [1.29, 1.82) is 0 Å². The first-order valence-electron chi connectivity index (χ1n) is 17.5. The third-order valence-corrected chi connectivity index (χ3v) is 16.6. The highest BCUT2D eigenvalue weighted by Crippen LogP contribution is 2.79. The van der Waals surface area contributed by atoms with E-state index in [1.54, 1.807) is 0 Å². The van der Waals surface area contributed by atoms with Crippen LogP contribution in [0.15, 0.2) is 159 Å². The summed E-state index contributed by atoms with van der Waals surface area (Å²) in [5.74, 6) is 3.10. The van der Waals surface area contributed by atoms with Crippen LogP contribution in [0, 0.1) is 41.5 Å². The van der Waals surface area contributed by atoms with Crippen molar-refractivity contribution < 1.29 is 27.1 Å². The third kappa shape index (κ3) is 8.30. The van der Waals surface area contributed by atoms with Crippen molar-refractivity contribution in [2.45, 2.75) is 41.5 Å². The van der Waals surface area contributed by atoms with Gasteiger partial charge in [-0.2, -0.15) is 0 Å². The van der Waals surface area contributed by atoms with Gasteiger partial charge in [0.15, 0.2) is 0 Å². The van der Waals surface area contributed by atoms with E-state index in [1.165, 1.54) is 0 Å². The van der Waals surface area contributed by atoms with E-state index in [0.29, 0.717) is 34.5 Å². The molecule has 12 heteroatoms. The Hall–Kier alpha value is -5.19. The van der Waals surface area contributed by atoms with Gasteiger partial charge < -0.3 is 27.1 Å². The molecule has 6 aromatic rings. The Morgan fingerprint density at radius 1 is 0.259 bits per heavy atom. The number of para-hydroxylation sites is 6. The molecule has 1 aliphatic rings. The van der Waals surface area contributed by atoms with Crippen LogP contribution >= 0.6 is 23.0 Å². The summed E-state index contributed by atoms with van der Waals surface area (Å²) < 4.78 is 58.4. The van der Waals surface area contributed by atoms with Crippen molar-refractivity contribution >= 4 is 23.0 Å². The lowest BCUT2D eigenvalue weighted by atomic mass is 10.2. The molecule has 0 saturated heterocycles. The van der Waals surface area contributed by atoms with Gasteiger partial charge in [0.1, 0.15) is 34.5 Å². The van der Waals surface area contributed by atoms with Gasteiger partial charge in [-0.05, 0) is 111 Å². The predicted octanol–water partition coefficient (Wildman–Crippen LogP) is 14.2. The van der Waals surface area contributed by atoms with E-state index >= 15 is 0 Å². The minimum Gasteiger partial charge on any atom is -0.413 e. The first-order valence-corrected chi connectivity index (χ1v) is 22.1. The van der Waals surface area contributed by atoms with Gasteiger partial charge in [0.05, 0.1) is 0 Å². The summed E-state index contributed by atoms with van der Waals surface area (Å²) in [7, 11) is -12.0. The van der Waals surface area contributed by atoms with E-state index in [-0.39, 0.29) is 0 Å². The number of rotatable bonds is 12. The maximum Gasteiger partial charge on any atom is 0.460 e. The van der Waals surface area contributed by atoms with Gasteiger partial charge >= 0.3 is 23.0 Å². The zero-order valence-corrected chi connectivity index (χ0v) is 33.7. The lowest BCUT2D eigenvalue weighted by Gasteiger charge is -2.34. The molecular formula is C42H42N3O6P3. The highest BCUT2D eigenvalue weighted by atomic mass is 31.3. The predicted molar refractivity (Wildman–Crippen MR) is 219 cm³/mol. The van der Waals surface area contributed by atoms with Crippen LogP contribution in [0.5, 0.6) is 34.5 Å². The van der Waals surface area contributed by atoms with Gasteiger partial charge in [-0.1, -0.05) is 123 Å². The third-order valence-electron chi connectivity index (χ3n) is 8.54. The highest BCUT2D eigenvalue weighted by Gasteiger charge is 2.49. The standard InChI is InChI=1S/C42H42N3O6P3/c1-31-19-7-13-25-37(31)46-52(47-38-26-14-8-20-32(38)2)43-53(48-39-27-15-9-21-33(39)3,49-40-28-16-10-22-34(40)4)45-54(44-52,50-41-29-17-11-23-35(41)5)51-42-30-18-12-24-36(42)6/h7-30H,1-6H3. The molecule has 54 heavy (non-hydrogen) atoms. The molecule has 9 nitrogen and oxygen atoms in total. The summed E-state index contributed by atoms with van der Waals surface area (Å²) in [6, 6.07) is 46.0. The van der Waals surface area contributed by atoms with Crippen LogP contribution in [-0.4, -0.2) is 0 Å². The number of benzene rings is 6. The fraction of sp³-hybridized carbons (Fsp3) is 0.143. The topological polar surface area (TPSA) is 92.5 Å². The summed E-state index contributed by atoms with van der Waals surface area (Å²) >= 11 is 0. The van der Waals surface area contributed by atoms with Crippen molar-refractivity contribution in [3.8, 4) is 34.5 Å². The summed E-state index contributed by atoms with van der Waals surface area (Å²) in [6.07, 6.45) is 0. The first-order chi connectivity index (χ1) is 26.1. The molecule has 0 radical (unpaired) electrons. The van der Waals surface area contributed by atoms with Crippen LogP contribution in [0.1, 0.15) is 33.4 Å². The fourth-order valence-electron chi connectivity index (χ4n) is 5.48. The second kappa shape index (κ2) is 15.7. The molecular weight excluding hydrogens is 735 g/mol. The molecule has 0 aromatic heterocycles. The van der Waals surface area contributed by atoms with E-state index in [4.69, 9.17) is 40.7 Å². The Kier molecular flexibility index (Phi) is 10.8. The number of hydrogen-bond donors (Lipinski definition) is 0. The van der Waals surface area contributed by atoms with E-state index < -0.39 is 23.0 Å². The minimum atomic E-state index is -3.98. The summed E-state index contributed by atoms with van der Waals surface area (Å²) in [5.41, 5.74) is 5.11. The van der Waals surface area contributed by atoms with Crippen LogP contribution in [0.4, 0.5) is 0 Å². The van der Waals surface area contributed by atoms with Crippen LogP contribution < -0.4 is 27.1 Å². The molecule has 0 bridgehead atoms. The van der Waals surface area contributed by atoms with Gasteiger partial charge in [-0.15, -0.1) is 0 Å². The monoisotopic (exact) mass is 777 g/mol. The molecule has 7 rings (SSSR count). The molecule has 0 saturated carbocycles. The normalized spacial score (nSPS) is 15.0. The SMILES string of the molecule is Cc1ccccc1OP1(Oc2ccccc2C)=NP(Oc2ccccc2C)(Oc2ccccc2C)=NP(Oc2ccccc2C)(Oc2ccccc2C)=N1. The largest absolute Gasteiger partial charge is 0.460 e. The Balaban J connectivity index is 1.63. The van der Waals surface area contributed by atoms with Crippen molar-refractivity contribution in [2.24, 2.45) is 13.5 Å². The fourth-order valence-corrected chi connectivity index (χ4v) is 14.9. The van der Waals surface area contributed by atoms with Gasteiger partial charge in [0.2, 0.25) is 0 Å². The zero-order chi connectivity index (χ0) is 37.8. The molecule has 0 fully saturated rings. The second-order valence-corrected chi connectivity index (χ2v) is 19.1. The second-order valence-electron chi connectivity index (χ2n) is 12.9. The molecule has 6 aromatic carbocycles. The summed E-state index contributed by atoms with van der Waals surface area (Å²) in [6.45, 7) is 11.8. The van der Waals surface area contributed by atoms with E-state index in [1.807, 2.05) is 187 Å². The Labute approximate surface area is 317 Å². The van der Waals surface area contributed by atoms with Crippen LogP contribution in [0.2, 0.25) is 0 Å². The summed E-state index contributed by atoms with van der Waals surface area (Å²) in [5, 5.41) is 0. The number of nitrogens with zero attached hydrogens (tertiary/aromatic N) is 3. The van der Waals surface area contributed by atoms with E-state index in [9.17, 15) is 0 Å². The Bertz CT molecular complexity index is 2060. The maximum absolute atomic E-state index is 7.05. The first kappa shape index (κ1) is 37.1. The van der Waals surface area contributed by atoms with Crippen molar-refractivity contribution in [2.75, 3.05) is 0 Å². The lowest BCUT2D eigenvalue weighted by Crippen LogP contribution is -2.12. The maximum atomic E-state index is 7.05. The van der Waals surface area contributed by atoms with Crippen molar-refractivity contribution in [3.05, 3.63) is 179 Å². The quantitative estimate of drug-likeness (QED) is 0.115. The molecule has 0 unspecified atom stereocenters. The van der Waals surface area contributed by atoms with Crippen LogP contribution in [0.3, 0.4) is 0 Å². The van der Waals surface area contributed by atoms with Gasteiger partial charge in [-0.3, -0.25) is 0 Å². The average Bonchev–Trinajstić information content (AvgIpc) is 3.14. The molecule has 0 spiro atoms. The van der Waals surface area contributed by atoms with E-state index in [2.05, 4.69) is 0 Å². The highest BCUT2D eigenvalue weighted by molar-refractivity contribution is 7.79. The molecule has 0 atom stereocenters. The van der Waals surface area contributed by atoms with Crippen molar-refractivity contribution in [1.82, 2.24) is 0 Å². The lowest BCUT2D eigenvalue weighted by molar-refractivity contribution is 0.439. The average molecular weight is 778 g/mol. The minimum absolute atomic E-state index is 0.517. The molecule has 1 heterocycles. The summed E-state index contributed by atoms with van der Waals surface area (Å²) in [4.78, 5) is 0. The zero-order valence-electron chi connectivity index (χ0n) is 31.0. The molecule has 0 N–H and O–H groups in total. The number of aryl methyl sites for hydroxylation is 6. The Morgan fingerprint density at radius 3 is 0.556 bits per heavy atom. The molecule has 0 amide bonds. The number of hydrogen-bond acceptors (Lipinski definition) is 9.